The zero-order chi connectivity index (χ0) is 19.6. The summed E-state index contributed by atoms with van der Waals surface area (Å²) in [5, 5.41) is 7.38. The third kappa shape index (κ3) is 3.47. The van der Waals surface area contributed by atoms with E-state index in [4.69, 9.17) is 8.83 Å². The largest absolute Gasteiger partial charge is 0.472 e. The zero-order valence-electron chi connectivity index (χ0n) is 16.0. The van der Waals surface area contributed by atoms with Crippen LogP contribution < -0.4 is 10.6 Å². The van der Waals surface area contributed by atoms with E-state index >= 15 is 0 Å². The lowest BCUT2D eigenvalue weighted by atomic mass is 9.95. The summed E-state index contributed by atoms with van der Waals surface area (Å²) >= 11 is 0. The van der Waals surface area contributed by atoms with Crippen LogP contribution in [0.4, 0.5) is 0 Å². The van der Waals surface area contributed by atoms with Crippen molar-refractivity contribution < 1.29 is 13.6 Å². The molecule has 0 saturated carbocycles. The first-order chi connectivity index (χ1) is 14.3. The van der Waals surface area contributed by atoms with Gasteiger partial charge in [0.15, 0.2) is 0 Å². The van der Waals surface area contributed by atoms with Crippen molar-refractivity contribution in [2.45, 2.75) is 12.8 Å². The number of aromatic nitrogens is 1. The topological polar surface area (TPSA) is 83.2 Å². The van der Waals surface area contributed by atoms with Gasteiger partial charge in [-0.1, -0.05) is 0 Å². The molecule has 0 bridgehead atoms. The molecule has 0 atom stereocenters. The lowest BCUT2D eigenvalue weighted by Crippen LogP contribution is -2.35. The van der Waals surface area contributed by atoms with Gasteiger partial charge in [-0.05, 0) is 67.2 Å². The Labute approximate surface area is 168 Å². The van der Waals surface area contributed by atoms with E-state index in [0.717, 1.165) is 65.6 Å². The van der Waals surface area contributed by atoms with Gasteiger partial charge in [-0.2, -0.15) is 0 Å². The molecule has 0 radical (unpaired) electrons. The molecular formula is C23H23N3O3. The van der Waals surface area contributed by atoms with Crippen LogP contribution in [0.3, 0.4) is 0 Å². The smallest absolute Gasteiger partial charge is 0.253 e. The number of fused-ring (bicyclic) bond motifs is 1. The maximum absolute atomic E-state index is 12.9. The van der Waals surface area contributed by atoms with E-state index in [9.17, 15) is 4.79 Å². The van der Waals surface area contributed by atoms with Crippen molar-refractivity contribution in [3.8, 4) is 22.3 Å². The summed E-state index contributed by atoms with van der Waals surface area (Å²) in [6.07, 6.45) is 10.8. The van der Waals surface area contributed by atoms with E-state index in [1.165, 1.54) is 0 Å². The van der Waals surface area contributed by atoms with E-state index < -0.39 is 0 Å². The average molecular weight is 389 g/mol. The molecule has 5 rings (SSSR count). The SMILES string of the molecule is O=C(NCC1CCNCC1)c1c[nH]c2cc(-c3ccoc3)c(-c3ccoc3)cc12. The normalized spacial score (nSPS) is 15.0. The molecule has 1 aliphatic rings. The molecule has 6 heteroatoms. The molecule has 1 saturated heterocycles. The first-order valence-electron chi connectivity index (χ1n) is 9.99. The van der Waals surface area contributed by atoms with Crippen LogP contribution in [-0.4, -0.2) is 30.5 Å². The molecule has 1 fully saturated rings. The van der Waals surface area contributed by atoms with Gasteiger partial charge in [-0.15, -0.1) is 0 Å². The highest BCUT2D eigenvalue weighted by Crippen LogP contribution is 2.37. The van der Waals surface area contributed by atoms with Crippen LogP contribution >= 0.6 is 0 Å². The third-order valence-corrected chi connectivity index (χ3v) is 5.74. The summed E-state index contributed by atoms with van der Waals surface area (Å²) in [7, 11) is 0. The van der Waals surface area contributed by atoms with E-state index in [0.29, 0.717) is 11.5 Å². The van der Waals surface area contributed by atoms with Gasteiger partial charge in [0.25, 0.3) is 5.91 Å². The van der Waals surface area contributed by atoms with Crippen LogP contribution in [0.5, 0.6) is 0 Å². The standard InChI is InChI=1S/C23H23N3O3/c27-23(26-11-15-1-5-24-6-2-15)21-12-25-22-10-19(17-4-8-29-14-17)18(9-20(21)22)16-3-7-28-13-16/h3-4,7-10,12-15,24-25H,1-2,5-6,11H2,(H,26,27). The molecule has 0 spiro atoms. The van der Waals surface area contributed by atoms with Gasteiger partial charge in [0, 0.05) is 34.8 Å². The lowest BCUT2D eigenvalue weighted by molar-refractivity contribution is 0.0946. The third-order valence-electron chi connectivity index (χ3n) is 5.74. The van der Waals surface area contributed by atoms with E-state index in [2.05, 4.69) is 27.8 Å². The van der Waals surface area contributed by atoms with Crippen molar-refractivity contribution in [3.63, 3.8) is 0 Å². The van der Waals surface area contributed by atoms with E-state index in [1.54, 1.807) is 31.2 Å². The monoisotopic (exact) mass is 389 g/mol. The Morgan fingerprint density at radius 1 is 1.03 bits per heavy atom. The molecule has 4 aromatic rings. The summed E-state index contributed by atoms with van der Waals surface area (Å²) in [4.78, 5) is 16.2. The number of hydrogen-bond donors (Lipinski definition) is 3. The zero-order valence-corrected chi connectivity index (χ0v) is 16.0. The lowest BCUT2D eigenvalue weighted by Gasteiger charge is -2.22. The fraction of sp³-hybridized carbons (Fsp3) is 0.261. The van der Waals surface area contributed by atoms with Crippen molar-refractivity contribution in [1.29, 1.82) is 0 Å². The van der Waals surface area contributed by atoms with Gasteiger partial charge >= 0.3 is 0 Å². The molecule has 29 heavy (non-hydrogen) atoms. The number of aromatic amines is 1. The van der Waals surface area contributed by atoms with Crippen LogP contribution in [-0.2, 0) is 0 Å². The number of hydrogen-bond acceptors (Lipinski definition) is 4. The molecule has 3 aromatic heterocycles. The number of carbonyl (C=O) groups excluding carboxylic acids is 1. The van der Waals surface area contributed by atoms with Crippen LogP contribution in [0, 0.1) is 5.92 Å². The van der Waals surface area contributed by atoms with Gasteiger partial charge in [0.1, 0.15) is 0 Å². The van der Waals surface area contributed by atoms with E-state index in [-0.39, 0.29) is 5.91 Å². The van der Waals surface area contributed by atoms with Crippen LogP contribution in [0.25, 0.3) is 33.2 Å². The minimum Gasteiger partial charge on any atom is -0.472 e. The highest BCUT2D eigenvalue weighted by Gasteiger charge is 2.19. The summed E-state index contributed by atoms with van der Waals surface area (Å²) in [5.74, 6) is 0.503. The summed E-state index contributed by atoms with van der Waals surface area (Å²) in [6, 6.07) is 7.97. The van der Waals surface area contributed by atoms with Crippen LogP contribution in [0.15, 0.2) is 64.3 Å². The highest BCUT2D eigenvalue weighted by molar-refractivity contribution is 6.09. The predicted molar refractivity (Wildman–Crippen MR) is 112 cm³/mol. The number of H-pyrrole nitrogens is 1. The second-order valence-electron chi connectivity index (χ2n) is 7.57. The summed E-state index contributed by atoms with van der Waals surface area (Å²) < 4.78 is 10.6. The van der Waals surface area contributed by atoms with Gasteiger partial charge in [-0.3, -0.25) is 4.79 Å². The van der Waals surface area contributed by atoms with Gasteiger partial charge in [0.05, 0.1) is 30.6 Å². The fourth-order valence-corrected chi connectivity index (χ4v) is 4.09. The maximum atomic E-state index is 12.9. The number of amides is 1. The number of furan rings is 2. The first-order valence-corrected chi connectivity index (χ1v) is 9.99. The molecule has 1 amide bonds. The van der Waals surface area contributed by atoms with Gasteiger partial charge in [-0.25, -0.2) is 0 Å². The molecule has 1 aliphatic heterocycles. The molecule has 0 aliphatic carbocycles. The van der Waals surface area contributed by atoms with Gasteiger partial charge < -0.3 is 24.5 Å². The number of nitrogens with one attached hydrogen (secondary N) is 3. The Hall–Kier alpha value is -3.25. The fourth-order valence-electron chi connectivity index (χ4n) is 4.09. The highest BCUT2D eigenvalue weighted by atomic mass is 16.3. The number of piperidine rings is 1. The Morgan fingerprint density at radius 2 is 1.72 bits per heavy atom. The second-order valence-corrected chi connectivity index (χ2v) is 7.57. The Balaban J connectivity index is 1.49. The van der Waals surface area contributed by atoms with Crippen LogP contribution in [0.1, 0.15) is 23.2 Å². The molecule has 4 heterocycles. The second kappa shape index (κ2) is 7.64. The molecular weight excluding hydrogens is 366 g/mol. The number of rotatable bonds is 5. The Kier molecular flexibility index (Phi) is 4.69. The first kappa shape index (κ1) is 17.8. The minimum atomic E-state index is -0.0380. The molecule has 148 valence electrons. The van der Waals surface area contributed by atoms with Crippen molar-refractivity contribution in [2.24, 2.45) is 5.92 Å². The number of carbonyl (C=O) groups is 1. The summed E-state index contributed by atoms with van der Waals surface area (Å²) in [5.41, 5.74) is 5.55. The predicted octanol–water partition coefficient (Wildman–Crippen LogP) is 4.42. The summed E-state index contributed by atoms with van der Waals surface area (Å²) in [6.45, 7) is 2.77. The quantitative estimate of drug-likeness (QED) is 0.472. The molecule has 6 nitrogen and oxygen atoms in total. The van der Waals surface area contributed by atoms with Crippen LogP contribution in [0.2, 0.25) is 0 Å². The maximum Gasteiger partial charge on any atom is 0.253 e. The number of benzene rings is 1. The molecule has 3 N–H and O–H groups in total. The van der Waals surface area contributed by atoms with Crippen molar-refractivity contribution in [1.82, 2.24) is 15.6 Å². The average Bonchev–Trinajstić information content (AvgIpc) is 3.53. The van der Waals surface area contributed by atoms with Crippen molar-refractivity contribution >= 4 is 16.8 Å². The Morgan fingerprint density at radius 3 is 2.38 bits per heavy atom. The van der Waals surface area contributed by atoms with Crippen molar-refractivity contribution in [2.75, 3.05) is 19.6 Å². The molecule has 0 unspecified atom stereocenters. The Bertz CT molecular complexity index is 1100. The van der Waals surface area contributed by atoms with Crippen molar-refractivity contribution in [3.05, 3.63) is 61.1 Å². The van der Waals surface area contributed by atoms with E-state index in [1.807, 2.05) is 12.1 Å². The minimum absolute atomic E-state index is 0.0380. The van der Waals surface area contributed by atoms with Gasteiger partial charge in [0.2, 0.25) is 0 Å². The molecule has 1 aromatic carbocycles.